The monoisotopic (exact) mass is 172 g/mol. The molecule has 0 aliphatic rings. The van der Waals surface area contributed by atoms with Gasteiger partial charge in [0.15, 0.2) is 0 Å². The maximum Gasteiger partial charge on any atom is 0.113 e. The molecule has 0 aromatic carbocycles. The highest BCUT2D eigenvalue weighted by atomic mass is 16.3. The SMILES string of the molecule is C[C@@H](O)C#Cc1ccc(C#N)cn1. The molecule has 0 bridgehead atoms. The van der Waals surface area contributed by atoms with Gasteiger partial charge in [-0.05, 0) is 25.0 Å². The molecule has 3 heteroatoms. The molecule has 0 saturated heterocycles. The van der Waals surface area contributed by atoms with Crippen LogP contribution in [0.2, 0.25) is 0 Å². The third kappa shape index (κ3) is 2.94. The van der Waals surface area contributed by atoms with Crippen molar-refractivity contribution in [2.75, 3.05) is 0 Å². The zero-order chi connectivity index (χ0) is 9.68. The van der Waals surface area contributed by atoms with Crippen LogP contribution in [0.4, 0.5) is 0 Å². The van der Waals surface area contributed by atoms with Crippen LogP contribution in [0.5, 0.6) is 0 Å². The number of hydrogen-bond acceptors (Lipinski definition) is 3. The third-order valence-corrected chi connectivity index (χ3v) is 1.30. The van der Waals surface area contributed by atoms with E-state index in [4.69, 9.17) is 10.4 Å². The van der Waals surface area contributed by atoms with E-state index in [9.17, 15) is 0 Å². The van der Waals surface area contributed by atoms with Gasteiger partial charge in [0.1, 0.15) is 17.9 Å². The molecule has 0 aliphatic heterocycles. The van der Waals surface area contributed by atoms with Crippen molar-refractivity contribution in [3.05, 3.63) is 29.6 Å². The van der Waals surface area contributed by atoms with Crippen molar-refractivity contribution in [1.82, 2.24) is 4.98 Å². The van der Waals surface area contributed by atoms with Crippen LogP contribution in [0.25, 0.3) is 0 Å². The predicted molar refractivity (Wildman–Crippen MR) is 47.5 cm³/mol. The summed E-state index contributed by atoms with van der Waals surface area (Å²) in [6, 6.07) is 5.24. The number of aromatic nitrogens is 1. The normalized spacial score (nSPS) is 10.8. The smallest absolute Gasteiger partial charge is 0.113 e. The molecule has 0 unspecified atom stereocenters. The highest BCUT2D eigenvalue weighted by Crippen LogP contribution is 1.96. The molecule has 1 rings (SSSR count). The van der Waals surface area contributed by atoms with Crippen LogP contribution in [-0.4, -0.2) is 16.2 Å². The van der Waals surface area contributed by atoms with Crippen molar-refractivity contribution >= 4 is 0 Å². The number of nitriles is 1. The second-order valence-electron chi connectivity index (χ2n) is 2.49. The summed E-state index contributed by atoms with van der Waals surface area (Å²) >= 11 is 0. The number of nitrogens with zero attached hydrogens (tertiary/aromatic N) is 2. The molecular formula is C10H8N2O. The first-order chi connectivity index (χ1) is 6.22. The quantitative estimate of drug-likeness (QED) is 0.585. The van der Waals surface area contributed by atoms with Crippen LogP contribution >= 0.6 is 0 Å². The lowest BCUT2D eigenvalue weighted by atomic mass is 10.2. The first-order valence-corrected chi connectivity index (χ1v) is 3.78. The molecule has 0 fully saturated rings. The Kier molecular flexibility index (Phi) is 3.03. The van der Waals surface area contributed by atoms with Crippen molar-refractivity contribution in [1.29, 1.82) is 5.26 Å². The molecule has 1 N–H and O–H groups in total. The van der Waals surface area contributed by atoms with Crippen molar-refractivity contribution in [3.63, 3.8) is 0 Å². The topological polar surface area (TPSA) is 56.9 Å². The zero-order valence-corrected chi connectivity index (χ0v) is 7.15. The Morgan fingerprint density at radius 1 is 1.54 bits per heavy atom. The lowest BCUT2D eigenvalue weighted by Crippen LogP contribution is -1.93. The van der Waals surface area contributed by atoms with E-state index in [1.807, 2.05) is 6.07 Å². The van der Waals surface area contributed by atoms with Gasteiger partial charge < -0.3 is 5.11 Å². The molecule has 1 aromatic rings. The van der Waals surface area contributed by atoms with E-state index in [0.29, 0.717) is 11.3 Å². The minimum absolute atomic E-state index is 0.502. The molecule has 1 heterocycles. The predicted octanol–water partition coefficient (Wildman–Crippen LogP) is 0.686. The Morgan fingerprint density at radius 3 is 2.77 bits per heavy atom. The molecule has 0 saturated carbocycles. The number of aliphatic hydroxyl groups is 1. The molecule has 3 nitrogen and oxygen atoms in total. The highest BCUT2D eigenvalue weighted by Gasteiger charge is 1.91. The van der Waals surface area contributed by atoms with E-state index >= 15 is 0 Å². The Labute approximate surface area is 76.7 Å². The van der Waals surface area contributed by atoms with E-state index in [-0.39, 0.29) is 0 Å². The molecule has 0 aliphatic carbocycles. The fraction of sp³-hybridized carbons (Fsp3) is 0.200. The summed E-state index contributed by atoms with van der Waals surface area (Å²) in [6.45, 7) is 1.58. The minimum Gasteiger partial charge on any atom is -0.381 e. The van der Waals surface area contributed by atoms with Crippen molar-refractivity contribution in [2.45, 2.75) is 13.0 Å². The van der Waals surface area contributed by atoms with Crippen molar-refractivity contribution < 1.29 is 5.11 Å². The molecular weight excluding hydrogens is 164 g/mol. The highest BCUT2D eigenvalue weighted by molar-refractivity contribution is 5.33. The van der Waals surface area contributed by atoms with Gasteiger partial charge in [0, 0.05) is 6.20 Å². The van der Waals surface area contributed by atoms with E-state index < -0.39 is 6.10 Å². The maximum atomic E-state index is 8.86. The molecule has 0 amide bonds. The summed E-state index contributed by atoms with van der Waals surface area (Å²) in [7, 11) is 0. The first-order valence-electron chi connectivity index (χ1n) is 3.78. The van der Waals surface area contributed by atoms with Crippen molar-refractivity contribution in [3.8, 4) is 17.9 Å². The second-order valence-corrected chi connectivity index (χ2v) is 2.49. The fourth-order valence-corrected chi connectivity index (χ4v) is 0.712. The maximum absolute atomic E-state index is 8.86. The van der Waals surface area contributed by atoms with Crippen LogP contribution in [0.15, 0.2) is 18.3 Å². The van der Waals surface area contributed by atoms with Gasteiger partial charge in [0.05, 0.1) is 5.56 Å². The van der Waals surface area contributed by atoms with Gasteiger partial charge in [0.25, 0.3) is 0 Å². The Balaban J connectivity index is 2.84. The van der Waals surface area contributed by atoms with E-state index in [2.05, 4.69) is 16.8 Å². The number of pyridine rings is 1. The van der Waals surface area contributed by atoms with Gasteiger partial charge in [-0.3, -0.25) is 0 Å². The van der Waals surface area contributed by atoms with Gasteiger partial charge >= 0.3 is 0 Å². The van der Waals surface area contributed by atoms with E-state index in [1.54, 1.807) is 19.1 Å². The molecule has 0 radical (unpaired) electrons. The van der Waals surface area contributed by atoms with Gasteiger partial charge in [-0.2, -0.15) is 5.26 Å². The summed E-state index contributed by atoms with van der Waals surface area (Å²) < 4.78 is 0. The summed E-state index contributed by atoms with van der Waals surface area (Å²) in [5.41, 5.74) is 1.06. The fourth-order valence-electron chi connectivity index (χ4n) is 0.712. The molecule has 13 heavy (non-hydrogen) atoms. The lowest BCUT2D eigenvalue weighted by Gasteiger charge is -1.90. The molecule has 1 atom stereocenters. The summed E-state index contributed by atoms with van der Waals surface area (Å²) in [5, 5.41) is 17.3. The summed E-state index contributed by atoms with van der Waals surface area (Å²) in [5.74, 6) is 5.23. The van der Waals surface area contributed by atoms with Crippen LogP contribution in [0.1, 0.15) is 18.2 Å². The molecule has 1 aromatic heterocycles. The Hall–Kier alpha value is -1.84. The molecule has 64 valence electrons. The summed E-state index contributed by atoms with van der Waals surface area (Å²) in [6.07, 6.45) is 0.795. The largest absolute Gasteiger partial charge is 0.381 e. The number of rotatable bonds is 0. The Morgan fingerprint density at radius 2 is 2.31 bits per heavy atom. The van der Waals surface area contributed by atoms with E-state index in [1.165, 1.54) is 6.20 Å². The number of aliphatic hydroxyl groups excluding tert-OH is 1. The van der Waals surface area contributed by atoms with Gasteiger partial charge in [-0.15, -0.1) is 0 Å². The van der Waals surface area contributed by atoms with Gasteiger partial charge in [-0.1, -0.05) is 5.92 Å². The van der Waals surface area contributed by atoms with Gasteiger partial charge in [-0.25, -0.2) is 4.98 Å². The minimum atomic E-state index is -0.655. The summed E-state index contributed by atoms with van der Waals surface area (Å²) in [4.78, 5) is 3.91. The number of hydrogen-bond donors (Lipinski definition) is 1. The van der Waals surface area contributed by atoms with Crippen LogP contribution in [0.3, 0.4) is 0 Å². The standard InChI is InChI=1S/C10H8N2O/c1-8(13)2-4-10-5-3-9(6-11)7-12-10/h3,5,7-8,13H,1H3/t8-/m1/s1. The first kappa shape index (κ1) is 9.25. The average molecular weight is 172 g/mol. The van der Waals surface area contributed by atoms with Crippen LogP contribution < -0.4 is 0 Å². The van der Waals surface area contributed by atoms with Crippen LogP contribution in [0, 0.1) is 23.2 Å². The lowest BCUT2D eigenvalue weighted by molar-refractivity contribution is 0.253. The third-order valence-electron chi connectivity index (χ3n) is 1.30. The Bertz CT molecular complexity index is 376. The second kappa shape index (κ2) is 4.25. The molecule has 0 spiro atoms. The van der Waals surface area contributed by atoms with E-state index in [0.717, 1.165) is 0 Å². The average Bonchev–Trinajstić information content (AvgIpc) is 2.15. The zero-order valence-electron chi connectivity index (χ0n) is 7.15. The van der Waals surface area contributed by atoms with Crippen LogP contribution in [-0.2, 0) is 0 Å². The van der Waals surface area contributed by atoms with Gasteiger partial charge in [0.2, 0.25) is 0 Å². The van der Waals surface area contributed by atoms with Crippen molar-refractivity contribution in [2.24, 2.45) is 0 Å².